The summed E-state index contributed by atoms with van der Waals surface area (Å²) in [6.07, 6.45) is 1.60. The lowest BCUT2D eigenvalue weighted by molar-refractivity contribution is 0.0689. The SMILES string of the molecule is O=C(c1cc2cc(Cl)ccc2o1)N(Cc1ccco1)Cc1cccs1. The van der Waals surface area contributed by atoms with E-state index in [1.165, 1.54) is 0 Å². The maximum atomic E-state index is 13.0. The Kier molecular flexibility index (Phi) is 4.34. The minimum Gasteiger partial charge on any atom is -0.467 e. The van der Waals surface area contributed by atoms with E-state index in [1.807, 2.05) is 29.6 Å². The summed E-state index contributed by atoms with van der Waals surface area (Å²) < 4.78 is 11.1. The Balaban J connectivity index is 1.65. The van der Waals surface area contributed by atoms with Gasteiger partial charge >= 0.3 is 0 Å². The minimum absolute atomic E-state index is 0.183. The number of carbonyl (C=O) groups is 1. The van der Waals surface area contributed by atoms with Crippen molar-refractivity contribution in [3.8, 4) is 0 Å². The lowest BCUT2D eigenvalue weighted by Crippen LogP contribution is -2.29. The van der Waals surface area contributed by atoms with Gasteiger partial charge in [0.25, 0.3) is 5.91 Å². The molecule has 0 radical (unpaired) electrons. The lowest BCUT2D eigenvalue weighted by Gasteiger charge is -2.19. The number of amides is 1. The summed E-state index contributed by atoms with van der Waals surface area (Å²) in [5.41, 5.74) is 0.641. The largest absolute Gasteiger partial charge is 0.467 e. The van der Waals surface area contributed by atoms with E-state index in [1.54, 1.807) is 46.8 Å². The topological polar surface area (TPSA) is 46.6 Å². The Bertz CT molecular complexity index is 953. The highest BCUT2D eigenvalue weighted by Gasteiger charge is 2.22. The molecule has 1 aromatic carbocycles. The van der Waals surface area contributed by atoms with E-state index in [0.29, 0.717) is 29.5 Å². The molecular weight excluding hydrogens is 358 g/mol. The second kappa shape index (κ2) is 6.78. The zero-order valence-corrected chi connectivity index (χ0v) is 14.7. The molecule has 3 aromatic heterocycles. The van der Waals surface area contributed by atoms with Gasteiger partial charge in [-0.15, -0.1) is 11.3 Å². The monoisotopic (exact) mass is 371 g/mol. The quantitative estimate of drug-likeness (QED) is 0.460. The van der Waals surface area contributed by atoms with Crippen LogP contribution < -0.4 is 0 Å². The van der Waals surface area contributed by atoms with Crippen molar-refractivity contribution in [3.63, 3.8) is 0 Å². The van der Waals surface area contributed by atoms with E-state index >= 15 is 0 Å². The summed E-state index contributed by atoms with van der Waals surface area (Å²) in [5, 5.41) is 3.41. The third kappa shape index (κ3) is 3.48. The fraction of sp³-hybridized carbons (Fsp3) is 0.105. The molecule has 0 aliphatic rings. The van der Waals surface area contributed by atoms with Crippen LogP contribution in [0, 0.1) is 0 Å². The van der Waals surface area contributed by atoms with Gasteiger partial charge in [0.2, 0.25) is 0 Å². The molecule has 0 aliphatic carbocycles. The van der Waals surface area contributed by atoms with E-state index in [2.05, 4.69) is 0 Å². The summed E-state index contributed by atoms with van der Waals surface area (Å²) >= 11 is 7.62. The predicted molar refractivity (Wildman–Crippen MR) is 97.8 cm³/mol. The highest BCUT2D eigenvalue weighted by Crippen LogP contribution is 2.25. The Labute approximate surface area is 153 Å². The van der Waals surface area contributed by atoms with Crippen LogP contribution >= 0.6 is 22.9 Å². The van der Waals surface area contributed by atoms with Gasteiger partial charge in [0.1, 0.15) is 11.3 Å². The summed E-state index contributed by atoms with van der Waals surface area (Å²) in [6, 6.07) is 14.7. The average Bonchev–Trinajstić information content (AvgIpc) is 3.34. The maximum Gasteiger partial charge on any atom is 0.290 e. The van der Waals surface area contributed by atoms with Gasteiger partial charge in [-0.2, -0.15) is 0 Å². The second-order valence-electron chi connectivity index (χ2n) is 5.61. The van der Waals surface area contributed by atoms with E-state index in [-0.39, 0.29) is 5.91 Å². The maximum absolute atomic E-state index is 13.0. The van der Waals surface area contributed by atoms with Crippen LogP contribution in [0.25, 0.3) is 11.0 Å². The first-order chi connectivity index (χ1) is 12.2. The van der Waals surface area contributed by atoms with Gasteiger partial charge in [-0.25, -0.2) is 0 Å². The normalized spacial score (nSPS) is 11.1. The van der Waals surface area contributed by atoms with Crippen LogP contribution in [-0.2, 0) is 13.1 Å². The highest BCUT2D eigenvalue weighted by atomic mass is 35.5. The molecule has 0 saturated carbocycles. The van der Waals surface area contributed by atoms with Crippen molar-refractivity contribution in [2.24, 2.45) is 0 Å². The molecule has 0 spiro atoms. The van der Waals surface area contributed by atoms with Gasteiger partial charge in [-0.3, -0.25) is 4.79 Å². The molecule has 4 aromatic rings. The van der Waals surface area contributed by atoms with Crippen LogP contribution in [0.3, 0.4) is 0 Å². The second-order valence-corrected chi connectivity index (χ2v) is 7.08. The summed E-state index contributed by atoms with van der Waals surface area (Å²) in [6.45, 7) is 0.872. The summed E-state index contributed by atoms with van der Waals surface area (Å²) in [7, 11) is 0. The number of fused-ring (bicyclic) bond motifs is 1. The number of rotatable bonds is 5. The van der Waals surface area contributed by atoms with Gasteiger partial charge < -0.3 is 13.7 Å². The third-order valence-electron chi connectivity index (χ3n) is 3.83. The Morgan fingerprint density at radius 2 is 2.04 bits per heavy atom. The first-order valence-corrected chi connectivity index (χ1v) is 8.98. The van der Waals surface area contributed by atoms with Crippen LogP contribution in [0.2, 0.25) is 5.02 Å². The molecule has 0 saturated heterocycles. The van der Waals surface area contributed by atoms with Crippen LogP contribution in [0.5, 0.6) is 0 Å². The van der Waals surface area contributed by atoms with Gasteiger partial charge in [0.05, 0.1) is 19.4 Å². The molecular formula is C19H14ClNO3S. The Morgan fingerprint density at radius 1 is 1.12 bits per heavy atom. The number of hydrogen-bond donors (Lipinski definition) is 0. The summed E-state index contributed by atoms with van der Waals surface area (Å²) in [4.78, 5) is 15.8. The molecule has 25 heavy (non-hydrogen) atoms. The average molecular weight is 372 g/mol. The van der Waals surface area contributed by atoms with Gasteiger partial charge in [-0.1, -0.05) is 17.7 Å². The Morgan fingerprint density at radius 3 is 2.80 bits per heavy atom. The third-order valence-corrected chi connectivity index (χ3v) is 4.93. The smallest absolute Gasteiger partial charge is 0.290 e. The first kappa shape index (κ1) is 16.0. The zero-order valence-electron chi connectivity index (χ0n) is 13.1. The van der Waals surface area contributed by atoms with Crippen LogP contribution in [-0.4, -0.2) is 10.8 Å². The summed E-state index contributed by atoms with van der Waals surface area (Å²) in [5.74, 6) is 0.835. The Hall–Kier alpha value is -2.50. The van der Waals surface area contributed by atoms with Crippen molar-refractivity contribution in [2.45, 2.75) is 13.1 Å². The molecule has 0 unspecified atom stereocenters. The number of halogens is 1. The molecule has 126 valence electrons. The lowest BCUT2D eigenvalue weighted by atomic mass is 10.2. The van der Waals surface area contributed by atoms with Crippen molar-refractivity contribution in [3.05, 3.63) is 81.6 Å². The minimum atomic E-state index is -0.183. The molecule has 3 heterocycles. The molecule has 4 nitrogen and oxygen atoms in total. The molecule has 0 fully saturated rings. The molecule has 6 heteroatoms. The van der Waals surface area contributed by atoms with Crippen molar-refractivity contribution in [2.75, 3.05) is 0 Å². The van der Waals surface area contributed by atoms with E-state index < -0.39 is 0 Å². The highest BCUT2D eigenvalue weighted by molar-refractivity contribution is 7.09. The molecule has 1 amide bonds. The fourth-order valence-corrected chi connectivity index (χ4v) is 3.56. The zero-order chi connectivity index (χ0) is 17.2. The number of carbonyl (C=O) groups excluding carboxylic acids is 1. The number of nitrogens with zero attached hydrogens (tertiary/aromatic N) is 1. The van der Waals surface area contributed by atoms with Gasteiger partial charge in [-0.05, 0) is 47.8 Å². The number of thiophene rings is 1. The van der Waals surface area contributed by atoms with Gasteiger partial charge in [0.15, 0.2) is 5.76 Å². The molecule has 0 N–H and O–H groups in total. The van der Waals surface area contributed by atoms with E-state index in [9.17, 15) is 4.79 Å². The van der Waals surface area contributed by atoms with Crippen molar-refractivity contribution in [1.82, 2.24) is 4.90 Å². The predicted octanol–water partition coefficient (Wildman–Crippen LogP) is 5.58. The van der Waals surface area contributed by atoms with Crippen molar-refractivity contribution < 1.29 is 13.6 Å². The fourth-order valence-electron chi connectivity index (χ4n) is 2.66. The molecule has 4 rings (SSSR count). The molecule has 0 bridgehead atoms. The number of hydrogen-bond acceptors (Lipinski definition) is 4. The van der Waals surface area contributed by atoms with Crippen LogP contribution in [0.4, 0.5) is 0 Å². The van der Waals surface area contributed by atoms with Crippen LogP contribution in [0.1, 0.15) is 21.2 Å². The molecule has 0 atom stereocenters. The van der Waals surface area contributed by atoms with Crippen molar-refractivity contribution in [1.29, 1.82) is 0 Å². The van der Waals surface area contributed by atoms with Gasteiger partial charge in [0, 0.05) is 15.3 Å². The number of benzene rings is 1. The van der Waals surface area contributed by atoms with E-state index in [4.69, 9.17) is 20.4 Å². The standard InChI is InChI=1S/C19H14ClNO3S/c20-14-5-6-17-13(9-14)10-18(24-17)19(22)21(11-15-3-1-7-23-15)12-16-4-2-8-25-16/h1-10H,11-12H2. The van der Waals surface area contributed by atoms with E-state index in [0.717, 1.165) is 16.0 Å². The number of furan rings is 2. The van der Waals surface area contributed by atoms with Crippen molar-refractivity contribution >= 4 is 39.8 Å². The molecule has 0 aliphatic heterocycles. The van der Waals surface area contributed by atoms with Crippen LogP contribution in [0.15, 0.2) is 69.0 Å². The first-order valence-electron chi connectivity index (χ1n) is 7.72.